The Bertz CT molecular complexity index is 3170. The van der Waals surface area contributed by atoms with E-state index in [-0.39, 0.29) is 56.7 Å². The first-order valence-electron chi connectivity index (χ1n) is 23.3. The number of alkyl carbamates (subject to hydrolysis) is 2. The summed E-state index contributed by atoms with van der Waals surface area (Å²) in [5.41, 5.74) is 9.82. The van der Waals surface area contributed by atoms with Gasteiger partial charge < -0.3 is 30.6 Å². The molecule has 2 aliphatic carbocycles. The molecule has 1 unspecified atom stereocenters. The summed E-state index contributed by atoms with van der Waals surface area (Å²) in [7, 11) is -7.52. The number of hydrogen-bond acceptors (Lipinski definition) is 17. The molecular weight excluding hydrogens is 985 g/mol. The molecule has 0 bridgehead atoms. The maximum Gasteiger partial charge on any atom is 0.407 e. The number of carbonyl (C=O) groups is 4. The molecule has 0 spiro atoms. The molecule has 23 nitrogen and oxygen atoms in total. The predicted octanol–water partition coefficient (Wildman–Crippen LogP) is 6.14. The lowest BCUT2D eigenvalue weighted by Crippen LogP contribution is -2.39. The lowest BCUT2D eigenvalue weighted by molar-refractivity contribution is -0.141. The highest BCUT2D eigenvalue weighted by atomic mass is 32.2. The van der Waals surface area contributed by atoms with Gasteiger partial charge in [0.1, 0.15) is 22.2 Å². The summed E-state index contributed by atoms with van der Waals surface area (Å²) >= 11 is 0. The number of fused-ring (bicyclic) bond motifs is 2. The number of amides is 3. The molecule has 4 atom stereocenters. The average molecular weight is 1050 g/mol. The molecule has 6 aromatic rings. The summed E-state index contributed by atoms with van der Waals surface area (Å²) in [4.78, 5) is 63.9. The van der Waals surface area contributed by atoms with Gasteiger partial charge in [-0.15, -0.1) is 0 Å². The number of benzene rings is 2. The van der Waals surface area contributed by atoms with Crippen molar-refractivity contribution in [1.29, 1.82) is 0 Å². The molecule has 8 N–H and O–H groups in total. The number of nitrogens with zero attached hydrogens (tertiary/aromatic N) is 6. The fourth-order valence-corrected chi connectivity index (χ4v) is 10.4. The lowest BCUT2D eigenvalue weighted by atomic mass is 10.1. The zero-order valence-corrected chi connectivity index (χ0v) is 43.4. The molecule has 0 aliphatic heterocycles. The van der Waals surface area contributed by atoms with E-state index < -0.39 is 49.4 Å². The first-order valence-corrected chi connectivity index (χ1v) is 26.2. The van der Waals surface area contributed by atoms with Crippen LogP contribution in [-0.4, -0.2) is 97.2 Å². The summed E-state index contributed by atoms with van der Waals surface area (Å²) in [6.45, 7) is 14.5. The van der Waals surface area contributed by atoms with Gasteiger partial charge in [-0.1, -0.05) is 35.4 Å². The number of aliphatic carboxylic acids is 1. The lowest BCUT2D eigenvalue weighted by Gasteiger charge is -2.21. The summed E-state index contributed by atoms with van der Waals surface area (Å²) in [5.74, 6) is 4.26. The zero-order valence-electron chi connectivity index (χ0n) is 41.7. The van der Waals surface area contributed by atoms with E-state index in [0.717, 1.165) is 19.1 Å². The number of hydrogen-bond donors (Lipinski definition) is 7. The third-order valence-corrected chi connectivity index (χ3v) is 14.7. The predicted molar refractivity (Wildman–Crippen MR) is 271 cm³/mol. The second-order valence-corrected chi connectivity index (χ2v) is 23.2. The monoisotopic (exact) mass is 1050 g/mol. The molecule has 2 saturated carbocycles. The van der Waals surface area contributed by atoms with Crippen LogP contribution in [-0.2, 0) is 39.1 Å². The molecule has 4 aromatic heterocycles. The molecule has 73 heavy (non-hydrogen) atoms. The van der Waals surface area contributed by atoms with Gasteiger partial charge in [0, 0.05) is 30.4 Å². The zero-order chi connectivity index (χ0) is 53.5. The average Bonchev–Trinajstić information content (AvgIpc) is 4.15. The van der Waals surface area contributed by atoms with Crippen LogP contribution >= 0.6 is 0 Å². The molecular formula is C48H62N12O11S2. The number of anilines is 2. The van der Waals surface area contributed by atoms with Crippen molar-refractivity contribution in [2.75, 3.05) is 10.9 Å². The van der Waals surface area contributed by atoms with Crippen LogP contribution in [0.4, 0.5) is 21.2 Å². The van der Waals surface area contributed by atoms with Crippen molar-refractivity contribution in [3.63, 3.8) is 0 Å². The molecule has 4 heterocycles. The Kier molecular flexibility index (Phi) is 17.0. The minimum absolute atomic E-state index is 0.0732. The topological polar surface area (TPSA) is 323 Å². The number of nitrogen functional groups attached to an aromatic ring is 1. The fourth-order valence-electron chi connectivity index (χ4n) is 7.80. The maximum atomic E-state index is 13.0. The van der Waals surface area contributed by atoms with Gasteiger partial charge in [0.2, 0.25) is 5.91 Å². The third-order valence-electron chi connectivity index (χ3n) is 11.4. The van der Waals surface area contributed by atoms with Crippen molar-refractivity contribution in [1.82, 2.24) is 43.9 Å². The molecule has 3 amide bonds. The second kappa shape index (κ2) is 22.6. The van der Waals surface area contributed by atoms with Gasteiger partial charge in [-0.25, -0.2) is 60.1 Å². The minimum Gasteiger partial charge on any atom is -0.481 e. The number of ether oxygens (including phenoxy) is 2. The summed E-state index contributed by atoms with van der Waals surface area (Å²) < 4.78 is 63.9. The standard InChI is InChI=1S/C24H30N6O5S.C13H13N5O2S.C11H19NO4/c1-15-5-9-18(10-6-15)36(33,34)30-12-11-19-21(30)25-14-20(27-19)28-29-22(31)16-7-8-17(13-16)26-23(32)35-24(2,3)4;1-9-2-4-10(5-3-9)21(19,20)18-7-6-11-13(18)15-8-12(16-11)17-14;1-11(2,3)16-10(15)12-8-5-4-7(6-8)9(13)14/h5-6,9-12,14,16-17H,7-8,13H2,1-4H3,(H,26,32)(H,27,28)(H,29,31);2-8H,14H2,1H3,(H,16,17);7-8H,4-6H2,1-3H3,(H,12,15)(H,13,14)/t16-,17?;;7-,8-/m1.1/s1. The van der Waals surface area contributed by atoms with Gasteiger partial charge in [0.15, 0.2) is 22.9 Å². The fraction of sp³-hybridized carbons (Fsp3) is 0.417. The number of aryl methyl sites for hydroxylation is 2. The van der Waals surface area contributed by atoms with Crippen molar-refractivity contribution in [3.05, 3.63) is 96.6 Å². The third kappa shape index (κ3) is 14.6. The quantitative estimate of drug-likeness (QED) is 0.0566. The van der Waals surface area contributed by atoms with Crippen molar-refractivity contribution in [3.8, 4) is 0 Å². The van der Waals surface area contributed by atoms with Gasteiger partial charge in [0.25, 0.3) is 20.0 Å². The molecule has 2 aromatic carbocycles. The number of carboxylic acid groups (broad SMARTS) is 1. The molecule has 392 valence electrons. The minimum atomic E-state index is -3.83. The van der Waals surface area contributed by atoms with E-state index in [1.165, 1.54) is 24.8 Å². The largest absolute Gasteiger partial charge is 0.481 e. The van der Waals surface area contributed by atoms with Crippen LogP contribution in [0, 0.1) is 25.7 Å². The maximum absolute atomic E-state index is 13.0. The van der Waals surface area contributed by atoms with Crippen LogP contribution < -0.4 is 32.8 Å². The molecule has 2 fully saturated rings. The van der Waals surface area contributed by atoms with Crippen LogP contribution in [0.1, 0.15) is 91.2 Å². The van der Waals surface area contributed by atoms with E-state index >= 15 is 0 Å². The van der Waals surface area contributed by atoms with Crippen LogP contribution in [0.3, 0.4) is 0 Å². The highest BCUT2D eigenvalue weighted by Gasteiger charge is 2.33. The highest BCUT2D eigenvalue weighted by Crippen LogP contribution is 2.28. The van der Waals surface area contributed by atoms with E-state index in [1.807, 2.05) is 13.8 Å². The van der Waals surface area contributed by atoms with E-state index in [1.54, 1.807) is 102 Å². The van der Waals surface area contributed by atoms with Gasteiger partial charge in [-0.05, 0) is 130 Å². The Morgan fingerprint density at radius 3 is 1.45 bits per heavy atom. The number of carboxylic acids is 1. The van der Waals surface area contributed by atoms with Crippen molar-refractivity contribution in [2.24, 2.45) is 17.7 Å². The Hall–Kier alpha value is -7.38. The SMILES string of the molecule is CC(C)(C)OC(=O)N[C@@H]1CC[C@@H](C(=O)O)C1.Cc1ccc(S(=O)(=O)n2ccc3nc(NN)cnc32)cc1.Cc1ccc(S(=O)(=O)n2ccc3nc(NNC(=O)[C@@H]4CCC(NC(=O)OC(C)(C)C)C4)cnc32)cc1. The molecule has 0 radical (unpaired) electrons. The van der Waals surface area contributed by atoms with Crippen molar-refractivity contribution < 1.29 is 50.6 Å². The first kappa shape index (κ1) is 54.9. The normalized spacial score (nSPS) is 17.8. The summed E-state index contributed by atoms with van der Waals surface area (Å²) in [6, 6.07) is 16.1. The van der Waals surface area contributed by atoms with E-state index in [9.17, 15) is 36.0 Å². The van der Waals surface area contributed by atoms with Crippen LogP contribution in [0.2, 0.25) is 0 Å². The van der Waals surface area contributed by atoms with Crippen LogP contribution in [0.15, 0.2) is 95.2 Å². The highest BCUT2D eigenvalue weighted by molar-refractivity contribution is 7.90. The van der Waals surface area contributed by atoms with Crippen LogP contribution in [0.25, 0.3) is 22.3 Å². The first-order chi connectivity index (χ1) is 34.2. The number of nitrogens with two attached hydrogens (primary N) is 1. The smallest absolute Gasteiger partial charge is 0.407 e. The summed E-state index contributed by atoms with van der Waals surface area (Å²) in [6.07, 6.45) is 8.21. The molecule has 2 aliphatic rings. The van der Waals surface area contributed by atoms with Crippen molar-refractivity contribution >= 4 is 78.1 Å². The van der Waals surface area contributed by atoms with E-state index in [2.05, 4.69) is 46.8 Å². The van der Waals surface area contributed by atoms with Gasteiger partial charge >= 0.3 is 18.2 Å². The number of hydrazine groups is 2. The number of aromatic nitrogens is 6. The van der Waals surface area contributed by atoms with Gasteiger partial charge in [-0.3, -0.25) is 20.4 Å². The van der Waals surface area contributed by atoms with Crippen molar-refractivity contribution in [2.45, 2.75) is 127 Å². The summed E-state index contributed by atoms with van der Waals surface area (Å²) in [5, 5.41) is 14.3. The van der Waals surface area contributed by atoms with Crippen LogP contribution in [0.5, 0.6) is 0 Å². The van der Waals surface area contributed by atoms with E-state index in [4.69, 9.17) is 20.4 Å². The Morgan fingerprint density at radius 1 is 0.630 bits per heavy atom. The molecule has 8 rings (SSSR count). The molecule has 0 saturated heterocycles. The molecule has 25 heteroatoms. The Morgan fingerprint density at radius 2 is 1.04 bits per heavy atom. The Labute approximate surface area is 423 Å². The van der Waals surface area contributed by atoms with Gasteiger partial charge in [0.05, 0.1) is 28.1 Å². The number of carbonyl (C=O) groups excluding carboxylic acids is 3. The Balaban J connectivity index is 0.000000198. The number of rotatable bonds is 11. The van der Waals surface area contributed by atoms with E-state index in [0.29, 0.717) is 55.4 Å². The number of nitrogens with one attached hydrogen (secondary N) is 5. The van der Waals surface area contributed by atoms with Gasteiger partial charge in [-0.2, -0.15) is 0 Å². The second-order valence-electron chi connectivity index (χ2n) is 19.6.